The van der Waals surface area contributed by atoms with Crippen LogP contribution in [0.1, 0.15) is 20.7 Å². The number of hydrogen-bond acceptors (Lipinski definition) is 3. The number of benzene rings is 2. The van der Waals surface area contributed by atoms with Crippen molar-refractivity contribution in [2.75, 3.05) is 12.4 Å². The van der Waals surface area contributed by atoms with Crippen molar-refractivity contribution in [3.05, 3.63) is 63.1 Å². The van der Waals surface area contributed by atoms with Crippen molar-refractivity contribution in [2.45, 2.75) is 0 Å². The first-order valence-electron chi connectivity index (χ1n) is 5.96. The molecule has 0 aliphatic carbocycles. The van der Waals surface area contributed by atoms with Crippen LogP contribution in [-0.4, -0.2) is 19.0 Å². The van der Waals surface area contributed by atoms with Gasteiger partial charge in [-0.3, -0.25) is 4.79 Å². The molecule has 2 aromatic rings. The maximum atomic E-state index is 12.2. The number of methoxy groups -OCH3 is 1. The number of anilines is 1. The Morgan fingerprint density at radius 3 is 2.62 bits per heavy atom. The maximum absolute atomic E-state index is 12.2. The third kappa shape index (κ3) is 3.83. The van der Waals surface area contributed by atoms with Crippen molar-refractivity contribution >= 4 is 45.1 Å². The molecular weight excluding hydrogens is 358 g/mol. The van der Waals surface area contributed by atoms with Gasteiger partial charge in [0.25, 0.3) is 5.91 Å². The number of esters is 1. The lowest BCUT2D eigenvalue weighted by Gasteiger charge is -2.10. The van der Waals surface area contributed by atoms with Gasteiger partial charge < -0.3 is 10.1 Å². The molecule has 0 atom stereocenters. The molecule has 1 amide bonds. The van der Waals surface area contributed by atoms with Crippen LogP contribution in [0.25, 0.3) is 0 Å². The van der Waals surface area contributed by atoms with Crippen LogP contribution in [0, 0.1) is 0 Å². The zero-order chi connectivity index (χ0) is 15.4. The van der Waals surface area contributed by atoms with E-state index in [1.54, 1.807) is 30.3 Å². The average Bonchev–Trinajstić information content (AvgIpc) is 2.48. The Kier molecular flexibility index (Phi) is 4.98. The number of rotatable bonds is 3. The van der Waals surface area contributed by atoms with E-state index in [2.05, 4.69) is 26.0 Å². The van der Waals surface area contributed by atoms with Crippen LogP contribution in [0.15, 0.2) is 46.9 Å². The summed E-state index contributed by atoms with van der Waals surface area (Å²) in [5.74, 6) is -0.897. The molecule has 0 aliphatic rings. The van der Waals surface area contributed by atoms with Crippen LogP contribution >= 0.6 is 27.5 Å². The molecular formula is C15H11BrClNO3. The van der Waals surface area contributed by atoms with E-state index in [0.29, 0.717) is 16.3 Å². The van der Waals surface area contributed by atoms with Crippen molar-refractivity contribution in [1.29, 1.82) is 0 Å². The summed E-state index contributed by atoms with van der Waals surface area (Å²) >= 11 is 9.17. The quantitative estimate of drug-likeness (QED) is 0.828. The van der Waals surface area contributed by atoms with E-state index in [4.69, 9.17) is 11.6 Å². The van der Waals surface area contributed by atoms with E-state index in [9.17, 15) is 9.59 Å². The molecule has 6 heteroatoms. The summed E-state index contributed by atoms with van der Waals surface area (Å²) < 4.78 is 5.47. The van der Waals surface area contributed by atoms with Crippen LogP contribution in [0.3, 0.4) is 0 Å². The van der Waals surface area contributed by atoms with Crippen LogP contribution in [0.4, 0.5) is 5.69 Å². The Bertz CT molecular complexity index is 703. The normalized spacial score (nSPS) is 10.0. The monoisotopic (exact) mass is 367 g/mol. The van der Waals surface area contributed by atoms with E-state index in [0.717, 1.165) is 4.47 Å². The lowest BCUT2D eigenvalue weighted by molar-refractivity contribution is 0.0602. The van der Waals surface area contributed by atoms with Gasteiger partial charge in [-0.15, -0.1) is 0 Å². The molecule has 21 heavy (non-hydrogen) atoms. The topological polar surface area (TPSA) is 55.4 Å². The van der Waals surface area contributed by atoms with Gasteiger partial charge in [0.05, 0.1) is 18.4 Å². The molecule has 0 saturated carbocycles. The Morgan fingerprint density at radius 2 is 1.95 bits per heavy atom. The fraction of sp³-hybridized carbons (Fsp3) is 0.0667. The lowest BCUT2D eigenvalue weighted by Crippen LogP contribution is -2.15. The van der Waals surface area contributed by atoms with Crippen molar-refractivity contribution in [2.24, 2.45) is 0 Å². The van der Waals surface area contributed by atoms with E-state index in [1.807, 2.05) is 6.07 Å². The largest absolute Gasteiger partial charge is 0.465 e. The lowest BCUT2D eigenvalue weighted by atomic mass is 10.1. The highest BCUT2D eigenvalue weighted by Crippen LogP contribution is 2.22. The number of ether oxygens (including phenoxy) is 1. The summed E-state index contributed by atoms with van der Waals surface area (Å²) in [4.78, 5) is 23.9. The highest BCUT2D eigenvalue weighted by molar-refractivity contribution is 9.10. The highest BCUT2D eigenvalue weighted by atomic mass is 79.9. The fourth-order valence-electron chi connectivity index (χ4n) is 1.73. The molecule has 2 aromatic carbocycles. The second-order valence-electron chi connectivity index (χ2n) is 4.15. The van der Waals surface area contributed by atoms with Crippen molar-refractivity contribution < 1.29 is 14.3 Å². The smallest absolute Gasteiger partial charge is 0.340 e. The molecule has 0 saturated heterocycles. The summed E-state index contributed by atoms with van der Waals surface area (Å²) in [5, 5.41) is 3.06. The standard InChI is InChI=1S/C15H11BrClNO3/c1-21-15(20)12-8-11(17)5-6-13(12)18-14(19)9-3-2-4-10(16)7-9/h2-8H,1H3,(H,18,19). The Hall–Kier alpha value is -1.85. The van der Waals surface area contributed by atoms with Crippen molar-refractivity contribution in [3.8, 4) is 0 Å². The number of hydrogen-bond donors (Lipinski definition) is 1. The summed E-state index contributed by atoms with van der Waals surface area (Å²) in [6.45, 7) is 0. The van der Waals surface area contributed by atoms with Gasteiger partial charge in [-0.1, -0.05) is 33.6 Å². The molecule has 0 aliphatic heterocycles. The maximum Gasteiger partial charge on any atom is 0.340 e. The van der Waals surface area contributed by atoms with Gasteiger partial charge in [0.1, 0.15) is 0 Å². The molecule has 2 rings (SSSR count). The van der Waals surface area contributed by atoms with E-state index in [-0.39, 0.29) is 11.5 Å². The first-order valence-corrected chi connectivity index (χ1v) is 7.13. The molecule has 0 aromatic heterocycles. The number of halogens is 2. The minimum atomic E-state index is -0.568. The summed E-state index contributed by atoms with van der Waals surface area (Å²) in [6.07, 6.45) is 0. The minimum Gasteiger partial charge on any atom is -0.465 e. The van der Waals surface area contributed by atoms with E-state index >= 15 is 0 Å². The van der Waals surface area contributed by atoms with Gasteiger partial charge in [-0.2, -0.15) is 0 Å². The Balaban J connectivity index is 2.31. The second-order valence-corrected chi connectivity index (χ2v) is 5.50. The van der Waals surface area contributed by atoms with Crippen molar-refractivity contribution in [1.82, 2.24) is 0 Å². The number of carbonyl (C=O) groups excluding carboxylic acids is 2. The molecule has 0 spiro atoms. The predicted molar refractivity (Wildman–Crippen MR) is 84.9 cm³/mol. The van der Waals surface area contributed by atoms with E-state index < -0.39 is 5.97 Å². The second kappa shape index (κ2) is 6.74. The zero-order valence-corrected chi connectivity index (χ0v) is 13.4. The van der Waals surface area contributed by atoms with Gasteiger partial charge in [0, 0.05) is 15.1 Å². The molecule has 0 bridgehead atoms. The van der Waals surface area contributed by atoms with Gasteiger partial charge in [0.15, 0.2) is 0 Å². The summed E-state index contributed by atoms with van der Waals surface area (Å²) in [7, 11) is 1.27. The van der Waals surface area contributed by atoms with E-state index in [1.165, 1.54) is 13.2 Å². The first kappa shape index (κ1) is 15.5. The number of carbonyl (C=O) groups is 2. The third-order valence-corrected chi connectivity index (χ3v) is 3.45. The van der Waals surface area contributed by atoms with Crippen LogP contribution in [0.2, 0.25) is 5.02 Å². The van der Waals surface area contributed by atoms with Gasteiger partial charge >= 0.3 is 5.97 Å². The molecule has 0 radical (unpaired) electrons. The molecule has 0 fully saturated rings. The fourth-order valence-corrected chi connectivity index (χ4v) is 2.30. The third-order valence-electron chi connectivity index (χ3n) is 2.72. The van der Waals surface area contributed by atoms with Crippen LogP contribution < -0.4 is 5.32 Å². The van der Waals surface area contributed by atoms with Crippen molar-refractivity contribution in [3.63, 3.8) is 0 Å². The molecule has 0 unspecified atom stereocenters. The van der Waals surface area contributed by atoms with Gasteiger partial charge in [-0.05, 0) is 36.4 Å². The highest BCUT2D eigenvalue weighted by Gasteiger charge is 2.15. The van der Waals surface area contributed by atoms with Gasteiger partial charge in [-0.25, -0.2) is 4.79 Å². The Labute approximate surface area is 135 Å². The summed E-state index contributed by atoms with van der Waals surface area (Å²) in [5.41, 5.74) is 1.01. The number of nitrogens with one attached hydrogen (secondary N) is 1. The van der Waals surface area contributed by atoms with Crippen LogP contribution in [0.5, 0.6) is 0 Å². The molecule has 0 heterocycles. The average molecular weight is 369 g/mol. The first-order chi connectivity index (χ1) is 10.0. The molecule has 4 nitrogen and oxygen atoms in total. The minimum absolute atomic E-state index is 0.202. The van der Waals surface area contributed by atoms with Gasteiger partial charge in [0.2, 0.25) is 0 Å². The predicted octanol–water partition coefficient (Wildman–Crippen LogP) is 4.14. The molecule has 1 N–H and O–H groups in total. The Morgan fingerprint density at radius 1 is 1.19 bits per heavy atom. The zero-order valence-electron chi connectivity index (χ0n) is 11.0. The van der Waals surface area contributed by atoms with Crippen LogP contribution in [-0.2, 0) is 4.74 Å². The number of amides is 1. The SMILES string of the molecule is COC(=O)c1cc(Cl)ccc1NC(=O)c1cccc(Br)c1. The summed E-state index contributed by atoms with van der Waals surface area (Å²) in [6, 6.07) is 11.5. The molecule has 108 valence electrons.